The lowest BCUT2D eigenvalue weighted by atomic mass is 10.1. The minimum Gasteiger partial charge on any atom is -0.493 e. The van der Waals surface area contributed by atoms with Gasteiger partial charge in [-0.2, -0.15) is 0 Å². The van der Waals surface area contributed by atoms with E-state index in [0.29, 0.717) is 22.4 Å². The predicted molar refractivity (Wildman–Crippen MR) is 106 cm³/mol. The number of aromatic amines is 1. The first-order valence-electron chi connectivity index (χ1n) is 8.78. The molecule has 0 unspecified atom stereocenters. The van der Waals surface area contributed by atoms with Crippen LogP contribution in [0.1, 0.15) is 15.9 Å². The lowest BCUT2D eigenvalue weighted by Crippen LogP contribution is -2.28. The molecule has 0 bridgehead atoms. The first-order valence-corrected chi connectivity index (χ1v) is 8.78. The Bertz CT molecular complexity index is 1110. The Morgan fingerprint density at radius 2 is 1.76 bits per heavy atom. The van der Waals surface area contributed by atoms with Gasteiger partial charge in [-0.05, 0) is 23.8 Å². The van der Waals surface area contributed by atoms with Gasteiger partial charge >= 0.3 is 5.97 Å². The summed E-state index contributed by atoms with van der Waals surface area (Å²) in [4.78, 5) is 38.8. The summed E-state index contributed by atoms with van der Waals surface area (Å²) in [5, 5.41) is 3.21. The van der Waals surface area contributed by atoms with Gasteiger partial charge in [0.1, 0.15) is 0 Å². The number of para-hydroxylation sites is 1. The third-order valence-electron chi connectivity index (χ3n) is 4.24. The lowest BCUT2D eigenvalue weighted by Gasteiger charge is -2.11. The fourth-order valence-electron chi connectivity index (χ4n) is 2.82. The zero-order valence-corrected chi connectivity index (χ0v) is 16.0. The summed E-state index contributed by atoms with van der Waals surface area (Å²) >= 11 is 0. The molecule has 0 radical (unpaired) electrons. The average molecular weight is 396 g/mol. The van der Waals surface area contributed by atoms with Crippen molar-refractivity contribution in [1.82, 2.24) is 10.3 Å². The number of pyridine rings is 1. The highest BCUT2D eigenvalue weighted by Crippen LogP contribution is 2.27. The molecule has 0 aliphatic rings. The number of carbonyl (C=O) groups is 2. The maximum absolute atomic E-state index is 12.4. The first kappa shape index (κ1) is 19.9. The second-order valence-electron chi connectivity index (χ2n) is 6.14. The molecule has 1 heterocycles. The third kappa shape index (κ3) is 4.73. The molecular weight excluding hydrogens is 376 g/mol. The van der Waals surface area contributed by atoms with Crippen LogP contribution in [0.5, 0.6) is 11.5 Å². The molecule has 0 aliphatic heterocycles. The van der Waals surface area contributed by atoms with E-state index in [0.717, 1.165) is 11.6 Å². The zero-order valence-electron chi connectivity index (χ0n) is 16.0. The van der Waals surface area contributed by atoms with Crippen molar-refractivity contribution in [3.05, 3.63) is 70.0 Å². The maximum Gasteiger partial charge on any atom is 0.339 e. The van der Waals surface area contributed by atoms with Crippen LogP contribution in [0, 0.1) is 0 Å². The molecular formula is C21H20N2O6. The number of amides is 1. The number of rotatable bonds is 7. The van der Waals surface area contributed by atoms with Crippen LogP contribution in [0.25, 0.3) is 10.9 Å². The molecule has 0 saturated heterocycles. The molecule has 2 N–H and O–H groups in total. The molecule has 2 aromatic carbocycles. The molecule has 3 rings (SSSR count). The largest absolute Gasteiger partial charge is 0.493 e. The number of fused-ring (bicyclic) bond motifs is 1. The van der Waals surface area contributed by atoms with Gasteiger partial charge in [0.25, 0.3) is 5.91 Å². The second-order valence-corrected chi connectivity index (χ2v) is 6.14. The fourth-order valence-corrected chi connectivity index (χ4v) is 2.82. The summed E-state index contributed by atoms with van der Waals surface area (Å²) in [6.45, 7) is -0.238. The Labute approximate surface area is 166 Å². The normalized spacial score (nSPS) is 10.4. The number of ether oxygens (including phenoxy) is 3. The van der Waals surface area contributed by atoms with Gasteiger partial charge in [0.15, 0.2) is 18.1 Å². The summed E-state index contributed by atoms with van der Waals surface area (Å²) < 4.78 is 15.5. The minimum absolute atomic E-state index is 0.108. The van der Waals surface area contributed by atoms with Crippen molar-refractivity contribution in [1.29, 1.82) is 0 Å². The highest BCUT2D eigenvalue weighted by atomic mass is 16.5. The fraction of sp³-hybridized carbons (Fsp3) is 0.190. The van der Waals surface area contributed by atoms with Crippen LogP contribution < -0.4 is 20.3 Å². The van der Waals surface area contributed by atoms with E-state index in [1.165, 1.54) is 14.2 Å². The van der Waals surface area contributed by atoms with Crippen molar-refractivity contribution in [3.8, 4) is 11.5 Å². The number of aromatic nitrogens is 1. The molecule has 1 aromatic heterocycles. The van der Waals surface area contributed by atoms with E-state index in [1.54, 1.807) is 42.5 Å². The summed E-state index contributed by atoms with van der Waals surface area (Å²) in [6.07, 6.45) is 0. The Hall–Kier alpha value is -3.81. The number of H-pyrrole nitrogens is 1. The molecule has 0 aliphatic carbocycles. The standard InChI is InChI=1S/C21H20N2O6/c1-27-17-8-7-13(9-18(17)28-2)11-22-20(25)12-29-21(26)15-10-19(24)23-16-6-4-3-5-14(15)16/h3-10H,11-12H2,1-2H3,(H,22,25)(H,23,24). The summed E-state index contributed by atoms with van der Waals surface area (Å²) in [7, 11) is 3.06. The van der Waals surface area contributed by atoms with Crippen molar-refractivity contribution in [2.75, 3.05) is 20.8 Å². The van der Waals surface area contributed by atoms with Gasteiger partial charge in [-0.25, -0.2) is 4.79 Å². The minimum atomic E-state index is -0.742. The molecule has 150 valence electrons. The van der Waals surface area contributed by atoms with E-state index >= 15 is 0 Å². The van der Waals surface area contributed by atoms with E-state index < -0.39 is 24.0 Å². The van der Waals surface area contributed by atoms with Gasteiger partial charge in [-0.15, -0.1) is 0 Å². The van der Waals surface area contributed by atoms with Crippen molar-refractivity contribution in [2.24, 2.45) is 0 Å². The average Bonchev–Trinajstić information content (AvgIpc) is 2.75. The SMILES string of the molecule is COc1ccc(CNC(=O)COC(=O)c2cc(=O)[nH]c3ccccc23)cc1OC. The number of benzene rings is 2. The topological polar surface area (TPSA) is 107 Å². The van der Waals surface area contributed by atoms with E-state index in [-0.39, 0.29) is 12.1 Å². The third-order valence-corrected chi connectivity index (χ3v) is 4.24. The molecule has 3 aromatic rings. The van der Waals surface area contributed by atoms with E-state index in [1.807, 2.05) is 0 Å². The van der Waals surface area contributed by atoms with Gasteiger partial charge in [0.05, 0.1) is 19.8 Å². The number of esters is 1. The van der Waals surface area contributed by atoms with Crippen LogP contribution in [-0.4, -0.2) is 37.7 Å². The molecule has 0 fully saturated rings. The highest BCUT2D eigenvalue weighted by Gasteiger charge is 2.15. The smallest absolute Gasteiger partial charge is 0.339 e. The second kappa shape index (κ2) is 8.92. The first-order chi connectivity index (χ1) is 14.0. The van der Waals surface area contributed by atoms with Crippen molar-refractivity contribution in [2.45, 2.75) is 6.54 Å². The Morgan fingerprint density at radius 1 is 1.00 bits per heavy atom. The quantitative estimate of drug-likeness (QED) is 0.592. The molecule has 8 heteroatoms. The van der Waals surface area contributed by atoms with E-state index in [9.17, 15) is 14.4 Å². The molecule has 1 amide bonds. The molecule has 0 saturated carbocycles. The summed E-state index contributed by atoms with van der Waals surface area (Å²) in [6, 6.07) is 13.3. The lowest BCUT2D eigenvalue weighted by molar-refractivity contribution is -0.124. The summed E-state index contributed by atoms with van der Waals surface area (Å²) in [5.41, 5.74) is 0.998. The Morgan fingerprint density at radius 3 is 2.52 bits per heavy atom. The maximum atomic E-state index is 12.4. The molecule has 0 atom stereocenters. The van der Waals surface area contributed by atoms with Crippen molar-refractivity contribution >= 4 is 22.8 Å². The number of hydrogen-bond donors (Lipinski definition) is 2. The number of hydrogen-bond acceptors (Lipinski definition) is 6. The van der Waals surface area contributed by atoms with Crippen molar-refractivity contribution < 1.29 is 23.8 Å². The van der Waals surface area contributed by atoms with Gasteiger partial charge in [0.2, 0.25) is 5.56 Å². The number of methoxy groups -OCH3 is 2. The van der Waals surface area contributed by atoms with Crippen LogP contribution in [0.2, 0.25) is 0 Å². The number of nitrogens with one attached hydrogen (secondary N) is 2. The predicted octanol–water partition coefficient (Wildman–Crippen LogP) is 2.02. The van der Waals surface area contributed by atoms with Gasteiger partial charge in [-0.3, -0.25) is 9.59 Å². The monoisotopic (exact) mass is 396 g/mol. The Balaban J connectivity index is 1.60. The van der Waals surface area contributed by atoms with E-state index in [2.05, 4.69) is 10.3 Å². The molecule has 29 heavy (non-hydrogen) atoms. The van der Waals surface area contributed by atoms with Crippen LogP contribution in [0.3, 0.4) is 0 Å². The van der Waals surface area contributed by atoms with Crippen LogP contribution in [0.4, 0.5) is 0 Å². The van der Waals surface area contributed by atoms with Gasteiger partial charge < -0.3 is 24.5 Å². The van der Waals surface area contributed by atoms with Gasteiger partial charge in [0, 0.05) is 23.5 Å². The number of carbonyl (C=O) groups excluding carboxylic acids is 2. The van der Waals surface area contributed by atoms with Crippen LogP contribution >= 0.6 is 0 Å². The molecule has 0 spiro atoms. The highest BCUT2D eigenvalue weighted by molar-refractivity contribution is 6.03. The Kier molecular flexibility index (Phi) is 6.13. The summed E-state index contributed by atoms with van der Waals surface area (Å²) in [5.74, 6) is -0.0794. The van der Waals surface area contributed by atoms with Gasteiger partial charge in [-0.1, -0.05) is 24.3 Å². The van der Waals surface area contributed by atoms with E-state index in [4.69, 9.17) is 14.2 Å². The zero-order chi connectivity index (χ0) is 20.8. The van der Waals surface area contributed by atoms with Crippen molar-refractivity contribution in [3.63, 3.8) is 0 Å². The molecule has 8 nitrogen and oxygen atoms in total. The van der Waals surface area contributed by atoms with Crippen LogP contribution in [-0.2, 0) is 16.1 Å². The van der Waals surface area contributed by atoms with Crippen LogP contribution in [0.15, 0.2) is 53.3 Å².